The number of nitrogens with zero attached hydrogens (tertiary/aromatic N) is 2. The molecule has 0 atom stereocenters. The average Bonchev–Trinajstić information content (AvgIpc) is 2.73. The molecule has 1 aliphatic heterocycles. The second-order valence-electron chi connectivity index (χ2n) is 6.64. The molecule has 0 saturated carbocycles. The van der Waals surface area contributed by atoms with Crippen LogP contribution in [0.3, 0.4) is 0 Å². The lowest BCUT2D eigenvalue weighted by atomic mass is 10.1. The summed E-state index contributed by atoms with van der Waals surface area (Å²) in [4.78, 5) is 28.0. The summed E-state index contributed by atoms with van der Waals surface area (Å²) >= 11 is 0. The van der Waals surface area contributed by atoms with Gasteiger partial charge in [-0.1, -0.05) is 12.1 Å². The summed E-state index contributed by atoms with van der Waals surface area (Å²) in [7, 11) is 3.11. The van der Waals surface area contributed by atoms with Crippen LogP contribution in [0.2, 0.25) is 0 Å². The number of amides is 1. The zero-order valence-electron chi connectivity index (χ0n) is 16.1. The van der Waals surface area contributed by atoms with Gasteiger partial charge in [0.15, 0.2) is 0 Å². The number of hydrogen-bond acceptors (Lipinski definition) is 5. The van der Waals surface area contributed by atoms with E-state index >= 15 is 0 Å². The first-order valence-corrected chi connectivity index (χ1v) is 9.07. The van der Waals surface area contributed by atoms with Gasteiger partial charge in [0.25, 0.3) is 5.91 Å². The number of hydrogen-bond donors (Lipinski definition) is 1. The van der Waals surface area contributed by atoms with Gasteiger partial charge in [-0.3, -0.25) is 9.69 Å². The van der Waals surface area contributed by atoms with Crippen LogP contribution in [-0.2, 0) is 6.54 Å². The highest BCUT2D eigenvalue weighted by Gasteiger charge is 2.24. The van der Waals surface area contributed by atoms with Crippen LogP contribution in [0.1, 0.15) is 26.3 Å². The third-order valence-corrected chi connectivity index (χ3v) is 4.88. The summed E-state index contributed by atoms with van der Waals surface area (Å²) in [6.07, 6.45) is 0. The Balaban J connectivity index is 1.61. The Bertz CT molecular complexity index is 860. The summed E-state index contributed by atoms with van der Waals surface area (Å²) in [6.45, 7) is 3.32. The van der Waals surface area contributed by atoms with Crippen LogP contribution < -0.4 is 9.47 Å². The number of rotatable bonds is 6. The molecule has 1 fully saturated rings. The Morgan fingerprint density at radius 2 is 1.75 bits per heavy atom. The number of carboxylic acid groups (broad SMARTS) is 1. The second kappa shape index (κ2) is 8.75. The van der Waals surface area contributed by atoms with Crippen molar-refractivity contribution in [3.63, 3.8) is 0 Å². The molecule has 28 heavy (non-hydrogen) atoms. The predicted octanol–water partition coefficient (Wildman–Crippen LogP) is 2.36. The zero-order chi connectivity index (χ0) is 20.1. The van der Waals surface area contributed by atoms with Crippen molar-refractivity contribution in [1.29, 1.82) is 0 Å². The number of carboxylic acids is 1. The third kappa shape index (κ3) is 4.43. The van der Waals surface area contributed by atoms with Crippen LogP contribution in [0, 0.1) is 0 Å². The summed E-state index contributed by atoms with van der Waals surface area (Å²) in [5, 5.41) is 9.12. The van der Waals surface area contributed by atoms with Crippen LogP contribution >= 0.6 is 0 Å². The summed E-state index contributed by atoms with van der Waals surface area (Å²) in [5.41, 5.74) is 1.76. The van der Waals surface area contributed by atoms with Gasteiger partial charge in [-0.2, -0.15) is 0 Å². The lowest BCUT2D eigenvalue weighted by molar-refractivity contribution is 0.0623. The first-order valence-electron chi connectivity index (χ1n) is 9.07. The maximum atomic E-state index is 12.9. The molecule has 1 amide bonds. The van der Waals surface area contributed by atoms with Gasteiger partial charge in [0.2, 0.25) is 0 Å². The van der Waals surface area contributed by atoms with Crippen molar-refractivity contribution in [1.82, 2.24) is 9.80 Å². The molecule has 0 bridgehead atoms. The highest BCUT2D eigenvalue weighted by molar-refractivity contribution is 5.97. The zero-order valence-corrected chi connectivity index (χ0v) is 16.1. The molecule has 1 N–H and O–H groups in total. The molecule has 2 aromatic carbocycles. The Morgan fingerprint density at radius 3 is 2.39 bits per heavy atom. The maximum Gasteiger partial charge on any atom is 0.335 e. The van der Waals surface area contributed by atoms with E-state index in [1.165, 1.54) is 7.11 Å². The van der Waals surface area contributed by atoms with E-state index in [4.69, 9.17) is 14.6 Å². The summed E-state index contributed by atoms with van der Waals surface area (Å²) in [6, 6.07) is 12.2. The highest BCUT2D eigenvalue weighted by atomic mass is 16.5. The molecule has 3 rings (SSSR count). The molecule has 0 radical (unpaired) electrons. The largest absolute Gasteiger partial charge is 0.497 e. The van der Waals surface area contributed by atoms with Gasteiger partial charge in [-0.25, -0.2) is 4.79 Å². The van der Waals surface area contributed by atoms with Gasteiger partial charge in [0.1, 0.15) is 11.5 Å². The number of carbonyl (C=O) groups is 2. The fourth-order valence-corrected chi connectivity index (χ4v) is 3.32. The van der Waals surface area contributed by atoms with E-state index in [0.29, 0.717) is 36.7 Å². The monoisotopic (exact) mass is 384 g/mol. The molecule has 7 heteroatoms. The minimum Gasteiger partial charge on any atom is -0.497 e. The van der Waals surface area contributed by atoms with Crippen molar-refractivity contribution < 1.29 is 24.2 Å². The normalized spacial score (nSPS) is 14.6. The van der Waals surface area contributed by atoms with Crippen LogP contribution in [0.15, 0.2) is 42.5 Å². The third-order valence-electron chi connectivity index (χ3n) is 4.88. The minimum absolute atomic E-state index is 0.0629. The van der Waals surface area contributed by atoms with Gasteiger partial charge >= 0.3 is 5.97 Å². The Hall–Kier alpha value is -3.06. The standard InChI is InChI=1S/C21H24N2O5/c1-27-17-6-7-18(19(13-17)28-2)20(24)23-10-8-22(9-11-23)14-15-4-3-5-16(12-15)21(25)26/h3-7,12-13H,8-11,14H2,1-2H3,(H,25,26). The van der Waals surface area contributed by atoms with E-state index in [1.807, 2.05) is 11.0 Å². The molecule has 0 unspecified atom stereocenters. The fourth-order valence-electron chi connectivity index (χ4n) is 3.32. The van der Waals surface area contributed by atoms with E-state index in [9.17, 15) is 9.59 Å². The molecule has 0 spiro atoms. The van der Waals surface area contributed by atoms with Crippen molar-refractivity contribution in [2.45, 2.75) is 6.54 Å². The number of methoxy groups -OCH3 is 2. The Morgan fingerprint density at radius 1 is 1.00 bits per heavy atom. The van der Waals surface area contributed by atoms with Crippen LogP contribution in [0.4, 0.5) is 0 Å². The average molecular weight is 384 g/mol. The Labute approximate surface area is 164 Å². The van der Waals surface area contributed by atoms with Gasteiger partial charge in [-0.05, 0) is 29.8 Å². The van der Waals surface area contributed by atoms with E-state index in [-0.39, 0.29) is 11.5 Å². The van der Waals surface area contributed by atoms with Crippen molar-refractivity contribution in [3.05, 3.63) is 59.2 Å². The van der Waals surface area contributed by atoms with Crippen molar-refractivity contribution in [2.75, 3.05) is 40.4 Å². The van der Waals surface area contributed by atoms with Crippen molar-refractivity contribution in [3.8, 4) is 11.5 Å². The van der Waals surface area contributed by atoms with Gasteiger partial charge < -0.3 is 19.5 Å². The summed E-state index contributed by atoms with van der Waals surface area (Å²) < 4.78 is 10.5. The SMILES string of the molecule is COc1ccc(C(=O)N2CCN(Cc3cccc(C(=O)O)c3)CC2)c(OC)c1. The van der Waals surface area contributed by atoms with E-state index < -0.39 is 5.97 Å². The first kappa shape index (κ1) is 19.7. The predicted molar refractivity (Wildman–Crippen MR) is 104 cm³/mol. The van der Waals surface area contributed by atoms with Crippen LogP contribution in [0.25, 0.3) is 0 Å². The molecule has 2 aromatic rings. The number of benzene rings is 2. The minimum atomic E-state index is -0.925. The molecular weight excluding hydrogens is 360 g/mol. The number of piperazine rings is 1. The smallest absolute Gasteiger partial charge is 0.335 e. The van der Waals surface area contributed by atoms with E-state index in [0.717, 1.165) is 18.7 Å². The molecule has 1 heterocycles. The molecule has 7 nitrogen and oxygen atoms in total. The first-order chi connectivity index (χ1) is 13.5. The Kier molecular flexibility index (Phi) is 6.16. The quantitative estimate of drug-likeness (QED) is 0.824. The number of ether oxygens (including phenoxy) is 2. The van der Waals surface area contributed by atoms with Gasteiger partial charge in [0, 0.05) is 38.8 Å². The maximum absolute atomic E-state index is 12.9. The lowest BCUT2D eigenvalue weighted by Crippen LogP contribution is -2.48. The molecule has 1 saturated heterocycles. The van der Waals surface area contributed by atoms with Crippen molar-refractivity contribution >= 4 is 11.9 Å². The molecular formula is C21H24N2O5. The molecule has 0 aliphatic carbocycles. The molecule has 148 valence electrons. The van der Waals surface area contributed by atoms with Gasteiger partial charge in [0.05, 0.1) is 25.3 Å². The van der Waals surface area contributed by atoms with E-state index in [1.54, 1.807) is 43.5 Å². The van der Waals surface area contributed by atoms with Crippen molar-refractivity contribution in [2.24, 2.45) is 0 Å². The lowest BCUT2D eigenvalue weighted by Gasteiger charge is -2.35. The summed E-state index contributed by atoms with van der Waals surface area (Å²) in [5.74, 6) is 0.150. The topological polar surface area (TPSA) is 79.3 Å². The van der Waals surface area contributed by atoms with Crippen LogP contribution in [0.5, 0.6) is 11.5 Å². The highest BCUT2D eigenvalue weighted by Crippen LogP contribution is 2.26. The number of aromatic carboxylic acids is 1. The van der Waals surface area contributed by atoms with Crippen LogP contribution in [-0.4, -0.2) is 67.2 Å². The fraction of sp³-hybridized carbons (Fsp3) is 0.333. The number of carbonyl (C=O) groups excluding carboxylic acids is 1. The second-order valence-corrected chi connectivity index (χ2v) is 6.64. The molecule has 0 aromatic heterocycles. The van der Waals surface area contributed by atoms with Gasteiger partial charge in [-0.15, -0.1) is 0 Å². The molecule has 1 aliphatic rings. The van der Waals surface area contributed by atoms with E-state index in [2.05, 4.69) is 4.90 Å².